The fourth-order valence-corrected chi connectivity index (χ4v) is 4.69. The Morgan fingerprint density at radius 2 is 1.89 bits per heavy atom. The quantitative estimate of drug-likeness (QED) is 0.513. The van der Waals surface area contributed by atoms with Gasteiger partial charge in [0, 0.05) is 18.7 Å². The number of carbonyl (C=O) groups excluding carboxylic acids is 1. The number of nitrogens with zero attached hydrogens (tertiary/aromatic N) is 6. The van der Waals surface area contributed by atoms with Crippen molar-refractivity contribution in [1.82, 2.24) is 24.0 Å². The lowest BCUT2D eigenvalue weighted by molar-refractivity contribution is -0.0471. The normalized spacial score (nSPS) is 16.6. The molecular weight excluding hydrogens is 523 g/mol. The molecule has 0 atom stereocenters. The molecule has 0 saturated heterocycles. The fraction of sp³-hybridized carbons (Fsp3) is 0.333. The molecule has 1 amide bonds. The number of anilines is 1. The molecular formula is C21H19ClF3N7O3S. The van der Waals surface area contributed by atoms with Gasteiger partial charge in [0.25, 0.3) is 5.91 Å². The van der Waals surface area contributed by atoms with Crippen LogP contribution in [-0.2, 0) is 16.6 Å². The zero-order valence-corrected chi connectivity index (χ0v) is 20.1. The van der Waals surface area contributed by atoms with Crippen LogP contribution in [-0.4, -0.2) is 57.9 Å². The molecule has 0 unspecified atom stereocenters. The molecule has 5 rings (SSSR count). The van der Waals surface area contributed by atoms with Gasteiger partial charge in [-0.25, -0.2) is 14.3 Å². The zero-order chi connectivity index (χ0) is 25.7. The number of hydrogen-bond donors (Lipinski definition) is 1. The van der Waals surface area contributed by atoms with Crippen LogP contribution in [0.25, 0.3) is 5.78 Å². The Bertz CT molecular complexity index is 1450. The summed E-state index contributed by atoms with van der Waals surface area (Å²) in [5, 5.41) is 8.48. The molecule has 1 fully saturated rings. The van der Waals surface area contributed by atoms with E-state index < -0.39 is 22.1 Å². The first-order valence-corrected chi connectivity index (χ1v) is 12.7. The van der Waals surface area contributed by atoms with Gasteiger partial charge in [0.05, 0.1) is 35.7 Å². The lowest BCUT2D eigenvalue weighted by atomic mass is 10.2. The van der Waals surface area contributed by atoms with E-state index >= 15 is 0 Å². The molecule has 190 valence electrons. The number of fused-ring (bicyclic) bond motifs is 1. The number of alkyl halides is 3. The second-order valence-corrected chi connectivity index (χ2v) is 10.6. The first kappa shape index (κ1) is 24.3. The van der Waals surface area contributed by atoms with Crippen LogP contribution in [0.3, 0.4) is 0 Å². The molecule has 3 aromatic rings. The second kappa shape index (κ2) is 8.92. The van der Waals surface area contributed by atoms with Gasteiger partial charge in [0.2, 0.25) is 5.78 Å². The summed E-state index contributed by atoms with van der Waals surface area (Å²) in [6.07, 6.45) is 5.64. The average Bonchev–Trinajstić information content (AvgIpc) is 3.63. The molecule has 1 saturated carbocycles. The summed E-state index contributed by atoms with van der Waals surface area (Å²) >= 11 is 6.06. The number of halogens is 4. The second-order valence-electron chi connectivity index (χ2n) is 8.33. The number of carbonyl (C=O) groups is 1. The van der Waals surface area contributed by atoms with Gasteiger partial charge in [0.1, 0.15) is 12.0 Å². The summed E-state index contributed by atoms with van der Waals surface area (Å²) in [6.45, 7) is -0.243. The van der Waals surface area contributed by atoms with Crippen LogP contribution in [0.2, 0.25) is 5.02 Å². The van der Waals surface area contributed by atoms with Crippen LogP contribution in [0.5, 0.6) is 0 Å². The Labute approximate surface area is 208 Å². The first-order valence-electron chi connectivity index (χ1n) is 10.8. The molecule has 15 heteroatoms. The summed E-state index contributed by atoms with van der Waals surface area (Å²) in [4.78, 5) is 21.7. The summed E-state index contributed by atoms with van der Waals surface area (Å²) in [6, 6.07) is 6.83. The maximum absolute atomic E-state index is 13.1. The molecule has 1 aliphatic carbocycles. The van der Waals surface area contributed by atoms with Crippen LogP contribution < -0.4 is 10.3 Å². The van der Waals surface area contributed by atoms with Crippen molar-refractivity contribution < 1.29 is 26.4 Å². The maximum atomic E-state index is 13.1. The summed E-state index contributed by atoms with van der Waals surface area (Å²) < 4.78 is 62.9. The standard InChI is InChI=1S/C21H19ClF3N7O3S/c22-15-10-27-20-29-17(14-3-4-14)18(31(20)11-15)19(33)26-9-13-1-5-16(6-2-13)32-8-7-30(12-28-32)36(34,35)21(23,24)25/h1-2,5-6,10-12,14H,3-4,7-9H2,(H,26,33). The Morgan fingerprint density at radius 3 is 2.50 bits per heavy atom. The highest BCUT2D eigenvalue weighted by Crippen LogP contribution is 2.41. The highest BCUT2D eigenvalue weighted by Gasteiger charge is 2.50. The highest BCUT2D eigenvalue weighted by molar-refractivity contribution is 7.90. The Hall–Kier alpha value is -3.39. The molecule has 1 aliphatic heterocycles. The van der Waals surface area contributed by atoms with Crippen LogP contribution >= 0.6 is 11.6 Å². The minimum Gasteiger partial charge on any atom is -0.347 e. The van der Waals surface area contributed by atoms with Crippen molar-refractivity contribution in [3.63, 3.8) is 0 Å². The van der Waals surface area contributed by atoms with Crippen molar-refractivity contribution in [3.05, 3.63) is 58.6 Å². The predicted molar refractivity (Wildman–Crippen MR) is 125 cm³/mol. The SMILES string of the molecule is O=C(NCc1ccc(N2CCN(S(=O)(=O)C(F)(F)F)C=N2)cc1)c1c(C2CC2)nc2ncc(Cl)cn12. The van der Waals surface area contributed by atoms with Gasteiger partial charge in [-0.1, -0.05) is 23.7 Å². The Morgan fingerprint density at radius 1 is 1.17 bits per heavy atom. The first-order chi connectivity index (χ1) is 17.0. The summed E-state index contributed by atoms with van der Waals surface area (Å²) in [7, 11) is -5.47. The van der Waals surface area contributed by atoms with Crippen molar-refractivity contribution in [3.8, 4) is 0 Å². The number of nitrogens with one attached hydrogen (secondary N) is 1. The number of benzene rings is 1. The van der Waals surface area contributed by atoms with Crippen LogP contribution in [0.1, 0.15) is 40.5 Å². The summed E-state index contributed by atoms with van der Waals surface area (Å²) in [5.41, 5.74) is -2.96. The van der Waals surface area contributed by atoms with Crippen molar-refractivity contribution in [2.75, 3.05) is 18.1 Å². The Kier molecular flexibility index (Phi) is 6.03. The molecule has 3 heterocycles. The zero-order valence-electron chi connectivity index (χ0n) is 18.5. The molecule has 0 bridgehead atoms. The molecule has 10 nitrogen and oxygen atoms in total. The lowest BCUT2D eigenvalue weighted by Crippen LogP contribution is -2.46. The number of amides is 1. The van der Waals surface area contributed by atoms with E-state index in [9.17, 15) is 26.4 Å². The smallest absolute Gasteiger partial charge is 0.347 e. The van der Waals surface area contributed by atoms with Gasteiger partial charge in [0.15, 0.2) is 0 Å². The third kappa shape index (κ3) is 4.57. The van der Waals surface area contributed by atoms with Crippen LogP contribution in [0.4, 0.5) is 18.9 Å². The van der Waals surface area contributed by atoms with E-state index in [1.807, 2.05) is 0 Å². The number of aromatic nitrogens is 3. The monoisotopic (exact) mass is 541 g/mol. The van der Waals surface area contributed by atoms with E-state index in [1.54, 1.807) is 34.9 Å². The maximum Gasteiger partial charge on any atom is 0.516 e. The number of hydrazone groups is 1. The van der Waals surface area contributed by atoms with E-state index in [0.717, 1.165) is 18.4 Å². The topological polar surface area (TPSA) is 112 Å². The lowest BCUT2D eigenvalue weighted by Gasteiger charge is -2.29. The average molecular weight is 542 g/mol. The third-order valence-corrected chi connectivity index (χ3v) is 7.47. The number of sulfonamides is 1. The third-order valence-electron chi connectivity index (χ3n) is 5.80. The van der Waals surface area contributed by atoms with E-state index in [1.165, 1.54) is 11.2 Å². The van der Waals surface area contributed by atoms with Gasteiger partial charge < -0.3 is 5.32 Å². The molecule has 0 spiro atoms. The van der Waals surface area contributed by atoms with Gasteiger partial charge >= 0.3 is 15.5 Å². The molecule has 1 N–H and O–H groups in total. The van der Waals surface area contributed by atoms with Gasteiger partial charge in [-0.2, -0.15) is 26.7 Å². The van der Waals surface area contributed by atoms with E-state index in [2.05, 4.69) is 20.4 Å². The van der Waals surface area contributed by atoms with E-state index in [0.29, 0.717) is 34.2 Å². The van der Waals surface area contributed by atoms with E-state index in [4.69, 9.17) is 11.6 Å². The number of imidazole rings is 1. The molecule has 1 aromatic carbocycles. The molecule has 0 radical (unpaired) electrons. The highest BCUT2D eigenvalue weighted by atomic mass is 35.5. The van der Waals surface area contributed by atoms with Gasteiger partial charge in [-0.05, 0) is 30.5 Å². The van der Waals surface area contributed by atoms with Crippen molar-refractivity contribution in [2.24, 2.45) is 5.10 Å². The minimum absolute atomic E-state index is 0.0588. The number of rotatable bonds is 6. The minimum atomic E-state index is -5.47. The molecule has 2 aliphatic rings. The fourth-order valence-electron chi connectivity index (χ4n) is 3.79. The molecule has 2 aromatic heterocycles. The largest absolute Gasteiger partial charge is 0.516 e. The Balaban J connectivity index is 1.25. The van der Waals surface area contributed by atoms with Gasteiger partial charge in [-0.3, -0.25) is 14.2 Å². The van der Waals surface area contributed by atoms with Crippen LogP contribution in [0, 0.1) is 0 Å². The van der Waals surface area contributed by atoms with Crippen LogP contribution in [0.15, 0.2) is 41.8 Å². The molecule has 36 heavy (non-hydrogen) atoms. The van der Waals surface area contributed by atoms with E-state index in [-0.39, 0.29) is 29.2 Å². The predicted octanol–water partition coefficient (Wildman–Crippen LogP) is 3.11. The van der Waals surface area contributed by atoms with Crippen molar-refractivity contribution >= 4 is 45.3 Å². The number of hydrogen-bond acceptors (Lipinski definition) is 7. The summed E-state index contributed by atoms with van der Waals surface area (Å²) in [5.74, 6) is 0.307. The van der Waals surface area contributed by atoms with Gasteiger partial charge in [-0.15, -0.1) is 0 Å². The van der Waals surface area contributed by atoms with Crippen molar-refractivity contribution in [1.29, 1.82) is 0 Å². The van der Waals surface area contributed by atoms with Crippen molar-refractivity contribution in [2.45, 2.75) is 30.8 Å².